The van der Waals surface area contributed by atoms with Crippen molar-refractivity contribution in [2.45, 2.75) is 0 Å². The molecule has 0 radical (unpaired) electrons. The van der Waals surface area contributed by atoms with Crippen molar-refractivity contribution in [2.24, 2.45) is 0 Å². The van der Waals surface area contributed by atoms with Gasteiger partial charge in [-0.3, -0.25) is 0 Å². The van der Waals surface area contributed by atoms with Gasteiger partial charge in [0.15, 0.2) is 0 Å². The van der Waals surface area contributed by atoms with E-state index < -0.39 is 5.97 Å². The molecule has 0 aromatic heterocycles. The molecule has 0 unspecified atom stereocenters. The van der Waals surface area contributed by atoms with Gasteiger partial charge in [-0.25, -0.2) is 4.79 Å². The molecular weight excluding hydrogens is 254 g/mol. The van der Waals surface area contributed by atoms with Crippen molar-refractivity contribution in [1.29, 1.82) is 0 Å². The topological polar surface area (TPSA) is 64.6 Å². The lowest BCUT2D eigenvalue weighted by atomic mass is 10.2. The third-order valence-electron chi connectivity index (χ3n) is 2.87. The quantitative estimate of drug-likeness (QED) is 0.730. The summed E-state index contributed by atoms with van der Waals surface area (Å²) < 4.78 is 0. The Morgan fingerprint density at radius 3 is 1.75 bits per heavy atom. The molecule has 0 heterocycles. The second kappa shape index (κ2) is 5.97. The third kappa shape index (κ3) is 3.41. The number of carboxylic acid groups (broad SMARTS) is 1. The zero-order chi connectivity index (χ0) is 14.5. The number of carbonyl (C=O) groups is 1. The van der Waals surface area contributed by atoms with E-state index in [-0.39, 0.29) is 5.56 Å². The van der Waals surface area contributed by atoms with Crippen LogP contribution in [0.5, 0.6) is 0 Å². The molecule has 0 aliphatic rings. The third-order valence-corrected chi connectivity index (χ3v) is 2.87. The molecule has 0 aliphatic heterocycles. The molecule has 20 heavy (non-hydrogen) atoms. The van der Waals surface area contributed by atoms with Gasteiger partial charge in [-0.1, -0.05) is 0 Å². The highest BCUT2D eigenvalue weighted by Gasteiger charge is 2.01. The van der Waals surface area contributed by atoms with E-state index in [0.29, 0.717) is 0 Å². The van der Waals surface area contributed by atoms with Gasteiger partial charge in [-0.2, -0.15) is 0 Å². The van der Waals surface area contributed by atoms with Gasteiger partial charge in [-0.15, -0.1) is 0 Å². The molecule has 2 rings (SSSR count). The SMILES string of the molecule is CN(C)c1ccc(NNc2ccc(C(=O)O)cc2)cc1. The number of hydrazine groups is 1. The van der Waals surface area contributed by atoms with Crippen LogP contribution in [0.4, 0.5) is 17.1 Å². The molecule has 2 aromatic rings. The first-order valence-corrected chi connectivity index (χ1v) is 6.19. The molecule has 0 saturated carbocycles. The minimum absolute atomic E-state index is 0.269. The van der Waals surface area contributed by atoms with Crippen LogP contribution < -0.4 is 15.8 Å². The highest BCUT2D eigenvalue weighted by Crippen LogP contribution is 2.16. The monoisotopic (exact) mass is 271 g/mol. The molecule has 5 heteroatoms. The smallest absolute Gasteiger partial charge is 0.335 e. The number of nitrogens with zero attached hydrogens (tertiary/aromatic N) is 1. The largest absolute Gasteiger partial charge is 0.478 e. The van der Waals surface area contributed by atoms with Crippen LogP contribution in [0.15, 0.2) is 48.5 Å². The van der Waals surface area contributed by atoms with Gasteiger partial charge >= 0.3 is 5.97 Å². The van der Waals surface area contributed by atoms with Gasteiger partial charge in [0.05, 0.1) is 16.9 Å². The van der Waals surface area contributed by atoms with Crippen LogP contribution in [0.2, 0.25) is 0 Å². The van der Waals surface area contributed by atoms with E-state index >= 15 is 0 Å². The van der Waals surface area contributed by atoms with Crippen molar-refractivity contribution in [3.8, 4) is 0 Å². The Morgan fingerprint density at radius 2 is 1.35 bits per heavy atom. The normalized spacial score (nSPS) is 9.90. The van der Waals surface area contributed by atoms with Gasteiger partial charge in [0.25, 0.3) is 0 Å². The summed E-state index contributed by atoms with van der Waals surface area (Å²) in [5.74, 6) is -0.927. The van der Waals surface area contributed by atoms with E-state index in [1.165, 1.54) is 0 Å². The molecule has 104 valence electrons. The first kappa shape index (κ1) is 13.7. The summed E-state index contributed by atoms with van der Waals surface area (Å²) in [6.07, 6.45) is 0. The average Bonchev–Trinajstić information content (AvgIpc) is 2.46. The fourth-order valence-corrected chi connectivity index (χ4v) is 1.68. The molecule has 2 aromatic carbocycles. The van der Waals surface area contributed by atoms with Crippen LogP contribution >= 0.6 is 0 Å². The number of carboxylic acids is 1. The zero-order valence-corrected chi connectivity index (χ0v) is 11.4. The van der Waals surface area contributed by atoms with Crippen molar-refractivity contribution in [3.63, 3.8) is 0 Å². The van der Waals surface area contributed by atoms with Gasteiger partial charge in [-0.05, 0) is 48.5 Å². The maximum absolute atomic E-state index is 10.7. The average molecular weight is 271 g/mol. The van der Waals surface area contributed by atoms with Crippen molar-refractivity contribution < 1.29 is 9.90 Å². The predicted octanol–water partition coefficient (Wildman–Crippen LogP) is 2.89. The van der Waals surface area contributed by atoms with E-state index in [1.807, 2.05) is 43.3 Å². The van der Waals surface area contributed by atoms with Gasteiger partial charge in [0, 0.05) is 19.8 Å². The second-order valence-electron chi connectivity index (χ2n) is 4.57. The summed E-state index contributed by atoms with van der Waals surface area (Å²) in [4.78, 5) is 12.8. The molecule has 0 spiro atoms. The molecule has 5 nitrogen and oxygen atoms in total. The molecule has 0 amide bonds. The molecule has 0 saturated heterocycles. The maximum atomic E-state index is 10.7. The Labute approximate surface area is 117 Å². The van der Waals surface area contributed by atoms with E-state index in [2.05, 4.69) is 10.9 Å². The summed E-state index contributed by atoms with van der Waals surface area (Å²) >= 11 is 0. The van der Waals surface area contributed by atoms with E-state index in [0.717, 1.165) is 17.1 Å². The highest BCUT2D eigenvalue weighted by atomic mass is 16.4. The number of aromatic carboxylic acids is 1. The summed E-state index contributed by atoms with van der Waals surface area (Å²) in [6.45, 7) is 0. The fourth-order valence-electron chi connectivity index (χ4n) is 1.68. The minimum Gasteiger partial charge on any atom is -0.478 e. The predicted molar refractivity (Wildman–Crippen MR) is 81.4 cm³/mol. The number of nitrogens with one attached hydrogen (secondary N) is 2. The lowest BCUT2D eigenvalue weighted by molar-refractivity contribution is 0.0697. The summed E-state index contributed by atoms with van der Waals surface area (Å²) in [5, 5.41) is 8.81. The van der Waals surface area contributed by atoms with E-state index in [1.54, 1.807) is 24.3 Å². The maximum Gasteiger partial charge on any atom is 0.335 e. The number of benzene rings is 2. The number of anilines is 3. The Morgan fingerprint density at radius 1 is 0.900 bits per heavy atom. The van der Waals surface area contributed by atoms with Crippen molar-refractivity contribution in [3.05, 3.63) is 54.1 Å². The lowest BCUT2D eigenvalue weighted by Crippen LogP contribution is -2.10. The van der Waals surface area contributed by atoms with E-state index in [4.69, 9.17) is 5.11 Å². The van der Waals surface area contributed by atoms with Crippen LogP contribution in [0.3, 0.4) is 0 Å². The minimum atomic E-state index is -0.927. The summed E-state index contributed by atoms with van der Waals surface area (Å²) in [5.41, 5.74) is 9.20. The fraction of sp³-hybridized carbons (Fsp3) is 0.133. The molecule has 0 fully saturated rings. The molecule has 0 aliphatic carbocycles. The molecule has 3 N–H and O–H groups in total. The number of rotatable bonds is 5. The van der Waals surface area contributed by atoms with Gasteiger partial charge in [0.1, 0.15) is 0 Å². The van der Waals surface area contributed by atoms with Crippen molar-refractivity contribution >= 4 is 23.0 Å². The van der Waals surface area contributed by atoms with Crippen LogP contribution in [0.1, 0.15) is 10.4 Å². The van der Waals surface area contributed by atoms with Crippen LogP contribution in [0, 0.1) is 0 Å². The van der Waals surface area contributed by atoms with Crippen LogP contribution in [0.25, 0.3) is 0 Å². The summed E-state index contributed by atoms with van der Waals surface area (Å²) in [6, 6.07) is 14.5. The lowest BCUT2D eigenvalue weighted by Gasteiger charge is -2.14. The molecule has 0 atom stereocenters. The first-order chi connectivity index (χ1) is 9.56. The molecule has 0 bridgehead atoms. The zero-order valence-electron chi connectivity index (χ0n) is 11.4. The standard InChI is InChI=1S/C15H17N3O2/c1-18(2)14-9-7-13(8-10-14)17-16-12-5-3-11(4-6-12)15(19)20/h3-10,16-17H,1-2H3,(H,19,20). The summed E-state index contributed by atoms with van der Waals surface area (Å²) in [7, 11) is 3.98. The Bertz CT molecular complexity index is 577. The van der Waals surface area contributed by atoms with Crippen molar-refractivity contribution in [1.82, 2.24) is 0 Å². The van der Waals surface area contributed by atoms with Crippen LogP contribution in [-0.4, -0.2) is 25.2 Å². The van der Waals surface area contributed by atoms with Gasteiger partial charge in [0.2, 0.25) is 0 Å². The number of hydrogen-bond acceptors (Lipinski definition) is 4. The Hall–Kier alpha value is -2.69. The van der Waals surface area contributed by atoms with Gasteiger partial charge < -0.3 is 20.9 Å². The van der Waals surface area contributed by atoms with E-state index in [9.17, 15) is 4.79 Å². The number of hydrogen-bond donors (Lipinski definition) is 3. The van der Waals surface area contributed by atoms with Crippen LogP contribution in [-0.2, 0) is 0 Å². The second-order valence-corrected chi connectivity index (χ2v) is 4.57. The molecular formula is C15H17N3O2. The Kier molecular flexibility index (Phi) is 4.10. The Balaban J connectivity index is 1.96. The van der Waals surface area contributed by atoms with Crippen molar-refractivity contribution in [2.75, 3.05) is 29.8 Å². The first-order valence-electron chi connectivity index (χ1n) is 6.19. The highest BCUT2D eigenvalue weighted by molar-refractivity contribution is 5.88.